The van der Waals surface area contributed by atoms with Crippen molar-refractivity contribution in [2.24, 2.45) is 0 Å². The lowest BCUT2D eigenvalue weighted by Crippen LogP contribution is -2.37. The van der Waals surface area contributed by atoms with Crippen molar-refractivity contribution in [2.45, 2.75) is 38.3 Å². The largest absolute Gasteiger partial charge is 0.307 e. The van der Waals surface area contributed by atoms with Gasteiger partial charge < -0.3 is 5.32 Å². The van der Waals surface area contributed by atoms with E-state index < -0.39 is 0 Å². The highest BCUT2D eigenvalue weighted by Crippen LogP contribution is 2.23. The lowest BCUT2D eigenvalue weighted by molar-refractivity contribution is 0.310. The van der Waals surface area contributed by atoms with Crippen LogP contribution < -0.4 is 5.32 Å². The van der Waals surface area contributed by atoms with Gasteiger partial charge in [-0.25, -0.2) is 4.39 Å². The summed E-state index contributed by atoms with van der Waals surface area (Å²) < 4.78 is 13.4. The Morgan fingerprint density at radius 2 is 2.07 bits per heavy atom. The maximum Gasteiger partial charge on any atom is 0.127 e. The molecule has 0 saturated heterocycles. The van der Waals surface area contributed by atoms with Crippen molar-refractivity contribution in [3.05, 3.63) is 35.6 Å². The first-order valence-corrected chi connectivity index (χ1v) is 5.28. The molecule has 1 saturated carbocycles. The van der Waals surface area contributed by atoms with E-state index in [0.717, 1.165) is 5.56 Å². The summed E-state index contributed by atoms with van der Waals surface area (Å²) in [6.45, 7) is 2.02. The maximum atomic E-state index is 13.4. The Bertz CT molecular complexity index is 307. The Hall–Kier alpha value is -0.890. The number of rotatable bonds is 3. The molecular formula is C12H16FN. The predicted molar refractivity (Wildman–Crippen MR) is 55.6 cm³/mol. The van der Waals surface area contributed by atoms with E-state index in [9.17, 15) is 4.39 Å². The second-order valence-corrected chi connectivity index (χ2v) is 4.04. The topological polar surface area (TPSA) is 12.0 Å². The van der Waals surface area contributed by atoms with Crippen LogP contribution in [0.15, 0.2) is 24.3 Å². The van der Waals surface area contributed by atoms with Gasteiger partial charge in [0.25, 0.3) is 0 Å². The molecule has 1 aliphatic rings. The fourth-order valence-electron chi connectivity index (χ4n) is 1.84. The smallest absolute Gasteiger partial charge is 0.127 e. The van der Waals surface area contributed by atoms with E-state index in [4.69, 9.17) is 0 Å². The Balaban J connectivity index is 2.02. The first-order valence-electron chi connectivity index (χ1n) is 5.28. The lowest BCUT2D eigenvalue weighted by atomic mass is 9.92. The van der Waals surface area contributed by atoms with Crippen molar-refractivity contribution in [1.82, 2.24) is 5.32 Å². The standard InChI is InChI=1S/C12H16FN/c1-9(14-10-5-4-6-10)11-7-2-3-8-12(11)13/h2-3,7-10,14H,4-6H2,1H3. The van der Waals surface area contributed by atoms with Crippen LogP contribution in [-0.2, 0) is 0 Å². The van der Waals surface area contributed by atoms with Crippen LogP contribution in [0.3, 0.4) is 0 Å². The number of hydrogen-bond donors (Lipinski definition) is 1. The van der Waals surface area contributed by atoms with Gasteiger partial charge in [0.2, 0.25) is 0 Å². The van der Waals surface area contributed by atoms with Crippen molar-refractivity contribution in [1.29, 1.82) is 0 Å². The first-order chi connectivity index (χ1) is 6.77. The SMILES string of the molecule is CC(NC1CCC1)c1ccccc1F. The van der Waals surface area contributed by atoms with Crippen LogP contribution >= 0.6 is 0 Å². The van der Waals surface area contributed by atoms with E-state index in [1.54, 1.807) is 6.07 Å². The third-order valence-electron chi connectivity index (χ3n) is 2.96. The maximum absolute atomic E-state index is 13.4. The average molecular weight is 193 g/mol. The summed E-state index contributed by atoms with van der Waals surface area (Å²) >= 11 is 0. The minimum absolute atomic E-state index is 0.105. The number of nitrogens with one attached hydrogen (secondary N) is 1. The van der Waals surface area contributed by atoms with Crippen LogP contribution in [0.2, 0.25) is 0 Å². The minimum Gasteiger partial charge on any atom is -0.307 e. The second kappa shape index (κ2) is 4.09. The van der Waals surface area contributed by atoms with E-state index in [0.29, 0.717) is 6.04 Å². The van der Waals surface area contributed by atoms with Crippen LogP contribution in [0.4, 0.5) is 4.39 Å². The predicted octanol–water partition coefficient (Wildman–Crippen LogP) is 3.03. The van der Waals surface area contributed by atoms with E-state index in [1.165, 1.54) is 25.3 Å². The first kappa shape index (κ1) is 9.66. The fourth-order valence-corrected chi connectivity index (χ4v) is 1.84. The van der Waals surface area contributed by atoms with E-state index in [1.807, 2.05) is 19.1 Å². The molecule has 1 atom stereocenters. The van der Waals surface area contributed by atoms with Crippen LogP contribution in [-0.4, -0.2) is 6.04 Å². The molecule has 0 heterocycles. The molecule has 0 aromatic heterocycles. The Labute approximate surface area is 84.3 Å². The van der Waals surface area contributed by atoms with Gasteiger partial charge in [-0.15, -0.1) is 0 Å². The molecule has 0 amide bonds. The summed E-state index contributed by atoms with van der Waals surface area (Å²) in [7, 11) is 0. The van der Waals surface area contributed by atoms with Crippen LogP contribution in [0, 0.1) is 5.82 Å². The van der Waals surface area contributed by atoms with Gasteiger partial charge >= 0.3 is 0 Å². The third-order valence-corrected chi connectivity index (χ3v) is 2.96. The third kappa shape index (κ3) is 1.95. The molecule has 0 aliphatic heterocycles. The monoisotopic (exact) mass is 193 g/mol. The summed E-state index contributed by atoms with van der Waals surface area (Å²) in [5, 5.41) is 3.43. The molecule has 14 heavy (non-hydrogen) atoms. The van der Waals surface area contributed by atoms with E-state index in [-0.39, 0.29) is 11.9 Å². The van der Waals surface area contributed by atoms with Crippen LogP contribution in [0.5, 0.6) is 0 Å². The Morgan fingerprint density at radius 3 is 2.64 bits per heavy atom. The molecule has 1 nitrogen and oxygen atoms in total. The summed E-state index contributed by atoms with van der Waals surface area (Å²) in [6, 6.07) is 7.72. The molecule has 1 aliphatic carbocycles. The second-order valence-electron chi connectivity index (χ2n) is 4.04. The number of benzene rings is 1. The highest BCUT2D eigenvalue weighted by molar-refractivity contribution is 5.20. The molecule has 0 radical (unpaired) electrons. The van der Waals surface area contributed by atoms with Crippen molar-refractivity contribution < 1.29 is 4.39 Å². The molecule has 1 aromatic rings. The summed E-state index contributed by atoms with van der Waals surface area (Å²) in [5.41, 5.74) is 0.777. The van der Waals surface area contributed by atoms with Crippen LogP contribution in [0.1, 0.15) is 37.8 Å². The van der Waals surface area contributed by atoms with Gasteiger partial charge in [-0.2, -0.15) is 0 Å². The van der Waals surface area contributed by atoms with Gasteiger partial charge in [-0.3, -0.25) is 0 Å². The van der Waals surface area contributed by atoms with Gasteiger partial charge in [0.1, 0.15) is 5.82 Å². The van der Waals surface area contributed by atoms with Gasteiger partial charge in [-0.05, 0) is 25.8 Å². The molecule has 0 bridgehead atoms. The van der Waals surface area contributed by atoms with E-state index >= 15 is 0 Å². The number of halogens is 1. The van der Waals surface area contributed by atoms with Crippen molar-refractivity contribution in [2.75, 3.05) is 0 Å². The quantitative estimate of drug-likeness (QED) is 0.778. The van der Waals surface area contributed by atoms with Crippen molar-refractivity contribution in [3.8, 4) is 0 Å². The molecule has 76 valence electrons. The van der Waals surface area contributed by atoms with Crippen LogP contribution in [0.25, 0.3) is 0 Å². The highest BCUT2D eigenvalue weighted by atomic mass is 19.1. The molecule has 2 rings (SSSR count). The highest BCUT2D eigenvalue weighted by Gasteiger charge is 2.20. The zero-order valence-corrected chi connectivity index (χ0v) is 8.46. The molecule has 1 N–H and O–H groups in total. The van der Waals surface area contributed by atoms with Gasteiger partial charge in [0.15, 0.2) is 0 Å². The average Bonchev–Trinajstić information content (AvgIpc) is 2.12. The zero-order chi connectivity index (χ0) is 9.97. The van der Waals surface area contributed by atoms with Gasteiger partial charge in [0.05, 0.1) is 0 Å². The normalized spacial score (nSPS) is 19.0. The van der Waals surface area contributed by atoms with E-state index in [2.05, 4.69) is 5.32 Å². The molecule has 1 aromatic carbocycles. The molecule has 2 heteroatoms. The minimum atomic E-state index is -0.105. The van der Waals surface area contributed by atoms with Gasteiger partial charge in [0, 0.05) is 17.6 Å². The Morgan fingerprint density at radius 1 is 1.36 bits per heavy atom. The molecular weight excluding hydrogens is 177 g/mol. The lowest BCUT2D eigenvalue weighted by Gasteiger charge is -2.30. The van der Waals surface area contributed by atoms with Crippen molar-refractivity contribution >= 4 is 0 Å². The fraction of sp³-hybridized carbons (Fsp3) is 0.500. The van der Waals surface area contributed by atoms with Crippen molar-refractivity contribution in [3.63, 3.8) is 0 Å². The number of hydrogen-bond acceptors (Lipinski definition) is 1. The summed E-state index contributed by atoms with van der Waals surface area (Å²) in [5.74, 6) is -0.105. The Kier molecular flexibility index (Phi) is 2.82. The molecule has 0 spiro atoms. The molecule has 1 fully saturated rings. The summed E-state index contributed by atoms with van der Waals surface area (Å²) in [4.78, 5) is 0. The zero-order valence-electron chi connectivity index (χ0n) is 8.46. The molecule has 1 unspecified atom stereocenters. The van der Waals surface area contributed by atoms with Gasteiger partial charge in [-0.1, -0.05) is 24.6 Å². The summed E-state index contributed by atoms with van der Waals surface area (Å²) in [6.07, 6.45) is 3.78.